The number of nitrogens with zero attached hydrogens (tertiary/aromatic N) is 3. The molecule has 0 amide bonds. The molecule has 3 aromatic rings. The minimum absolute atomic E-state index is 0.322. The lowest BCUT2D eigenvalue weighted by Crippen LogP contribution is -2.04. The molecule has 0 spiro atoms. The summed E-state index contributed by atoms with van der Waals surface area (Å²) < 4.78 is 8.77. The smallest absolute Gasteiger partial charge is 0.191 e. The van der Waals surface area contributed by atoms with Crippen molar-refractivity contribution in [3.8, 4) is 5.75 Å². The van der Waals surface area contributed by atoms with Gasteiger partial charge in [0.25, 0.3) is 0 Å². The van der Waals surface area contributed by atoms with Gasteiger partial charge >= 0.3 is 0 Å². The molecular formula is C17H15BrClN3OS. The highest BCUT2D eigenvalue weighted by molar-refractivity contribution is 9.10. The molecule has 7 heteroatoms. The highest BCUT2D eigenvalue weighted by Crippen LogP contribution is 2.27. The average Bonchev–Trinajstić information content (AvgIpc) is 2.94. The van der Waals surface area contributed by atoms with E-state index in [4.69, 9.17) is 16.3 Å². The molecule has 4 nitrogen and oxygen atoms in total. The minimum Gasteiger partial charge on any atom is -0.484 e. The van der Waals surface area contributed by atoms with Crippen molar-refractivity contribution in [2.75, 3.05) is 0 Å². The molecule has 0 bridgehead atoms. The lowest BCUT2D eigenvalue weighted by molar-refractivity contribution is 0.290. The average molecular weight is 425 g/mol. The topological polar surface area (TPSA) is 39.9 Å². The Morgan fingerprint density at radius 3 is 2.67 bits per heavy atom. The molecule has 0 N–H and O–H groups in total. The van der Waals surface area contributed by atoms with Crippen LogP contribution in [-0.4, -0.2) is 14.8 Å². The maximum absolute atomic E-state index is 6.09. The standard InChI is InChI=1S/C17H15BrClN3OS/c1-22-16(10-23-15-9-5-4-8-14(15)19)20-21-17(22)24-11-12-6-2-3-7-13(12)18/h2-9H,10-11H2,1H3. The molecule has 1 heterocycles. The van der Waals surface area contributed by atoms with Gasteiger partial charge in [-0.15, -0.1) is 10.2 Å². The van der Waals surface area contributed by atoms with Crippen molar-refractivity contribution in [1.29, 1.82) is 0 Å². The van der Waals surface area contributed by atoms with Gasteiger partial charge in [-0.1, -0.05) is 69.6 Å². The summed E-state index contributed by atoms with van der Waals surface area (Å²) in [5.74, 6) is 2.22. The number of aromatic nitrogens is 3. The quantitative estimate of drug-likeness (QED) is 0.516. The van der Waals surface area contributed by atoms with Crippen LogP contribution in [-0.2, 0) is 19.4 Å². The lowest BCUT2D eigenvalue weighted by Gasteiger charge is -2.08. The summed E-state index contributed by atoms with van der Waals surface area (Å²) in [6, 6.07) is 15.5. The van der Waals surface area contributed by atoms with E-state index in [0.717, 1.165) is 21.2 Å². The second-order valence-electron chi connectivity index (χ2n) is 5.06. The van der Waals surface area contributed by atoms with E-state index < -0.39 is 0 Å². The van der Waals surface area contributed by atoms with Crippen molar-refractivity contribution in [2.24, 2.45) is 7.05 Å². The zero-order valence-electron chi connectivity index (χ0n) is 12.9. The van der Waals surface area contributed by atoms with Gasteiger partial charge in [-0.2, -0.15) is 0 Å². The van der Waals surface area contributed by atoms with Crippen molar-refractivity contribution in [1.82, 2.24) is 14.8 Å². The van der Waals surface area contributed by atoms with Crippen molar-refractivity contribution >= 4 is 39.3 Å². The number of hydrogen-bond donors (Lipinski definition) is 0. The normalized spacial score (nSPS) is 10.8. The molecular weight excluding hydrogens is 410 g/mol. The van der Waals surface area contributed by atoms with E-state index in [0.29, 0.717) is 17.4 Å². The first kappa shape index (κ1) is 17.3. The maximum Gasteiger partial charge on any atom is 0.191 e. The van der Waals surface area contributed by atoms with Crippen LogP contribution in [0.3, 0.4) is 0 Å². The molecule has 1 aromatic heterocycles. The molecule has 3 rings (SSSR count). The summed E-state index contributed by atoms with van der Waals surface area (Å²) >= 11 is 11.3. The number of para-hydroxylation sites is 1. The third-order valence-electron chi connectivity index (χ3n) is 3.43. The highest BCUT2D eigenvalue weighted by atomic mass is 79.9. The summed E-state index contributed by atoms with van der Waals surface area (Å²) in [6.07, 6.45) is 0. The Labute approximate surface area is 158 Å². The molecule has 0 unspecified atom stereocenters. The largest absolute Gasteiger partial charge is 0.484 e. The van der Waals surface area contributed by atoms with Gasteiger partial charge in [-0.25, -0.2) is 0 Å². The third-order valence-corrected chi connectivity index (χ3v) is 5.59. The van der Waals surface area contributed by atoms with Crippen LogP contribution in [0.5, 0.6) is 5.75 Å². The molecule has 0 radical (unpaired) electrons. The first-order chi connectivity index (χ1) is 11.6. The second kappa shape index (κ2) is 8.05. The number of benzene rings is 2. The van der Waals surface area contributed by atoms with Gasteiger partial charge in [0.2, 0.25) is 0 Å². The van der Waals surface area contributed by atoms with Crippen LogP contribution in [0.15, 0.2) is 58.2 Å². The van der Waals surface area contributed by atoms with Gasteiger partial charge in [-0.3, -0.25) is 0 Å². The predicted octanol–water partition coefficient (Wildman–Crippen LogP) is 5.10. The molecule has 24 heavy (non-hydrogen) atoms. The lowest BCUT2D eigenvalue weighted by atomic mass is 10.2. The van der Waals surface area contributed by atoms with Crippen LogP contribution in [0.1, 0.15) is 11.4 Å². The van der Waals surface area contributed by atoms with E-state index in [1.54, 1.807) is 17.8 Å². The van der Waals surface area contributed by atoms with Gasteiger partial charge in [0.15, 0.2) is 11.0 Å². The first-order valence-corrected chi connectivity index (χ1v) is 9.42. The van der Waals surface area contributed by atoms with Gasteiger partial charge in [0.05, 0.1) is 5.02 Å². The van der Waals surface area contributed by atoms with Crippen LogP contribution in [0.25, 0.3) is 0 Å². The fourth-order valence-electron chi connectivity index (χ4n) is 2.06. The summed E-state index contributed by atoms with van der Waals surface area (Å²) in [5.41, 5.74) is 1.22. The van der Waals surface area contributed by atoms with Crippen molar-refractivity contribution in [3.63, 3.8) is 0 Å². The summed E-state index contributed by atoms with van der Waals surface area (Å²) in [6.45, 7) is 0.322. The molecule has 0 saturated carbocycles. The summed E-state index contributed by atoms with van der Waals surface area (Å²) in [7, 11) is 1.94. The first-order valence-electron chi connectivity index (χ1n) is 7.27. The summed E-state index contributed by atoms with van der Waals surface area (Å²) in [5, 5.41) is 9.89. The number of rotatable bonds is 6. The maximum atomic E-state index is 6.09. The Morgan fingerprint density at radius 1 is 1.12 bits per heavy atom. The zero-order valence-corrected chi connectivity index (χ0v) is 16.1. The third kappa shape index (κ3) is 4.12. The molecule has 0 aliphatic heterocycles. The number of hydrogen-bond acceptors (Lipinski definition) is 4. The van der Waals surface area contributed by atoms with Crippen LogP contribution < -0.4 is 4.74 Å². The SMILES string of the molecule is Cn1c(COc2ccccc2Cl)nnc1SCc1ccccc1Br. The van der Waals surface area contributed by atoms with E-state index in [1.165, 1.54) is 5.56 Å². The fraction of sp³-hybridized carbons (Fsp3) is 0.176. The highest BCUT2D eigenvalue weighted by Gasteiger charge is 2.11. The van der Waals surface area contributed by atoms with Crippen LogP contribution in [0.2, 0.25) is 5.02 Å². The minimum atomic E-state index is 0.322. The number of thioether (sulfide) groups is 1. The fourth-order valence-corrected chi connectivity index (χ4v) is 3.79. The Bertz CT molecular complexity index is 773. The van der Waals surface area contributed by atoms with Crippen LogP contribution >= 0.6 is 39.3 Å². The molecule has 0 fully saturated rings. The molecule has 0 aliphatic rings. The van der Waals surface area contributed by atoms with E-state index in [1.807, 2.05) is 48.0 Å². The number of halogens is 2. The van der Waals surface area contributed by atoms with Crippen molar-refractivity contribution in [3.05, 3.63) is 69.4 Å². The Kier molecular flexibility index (Phi) is 5.81. The summed E-state index contributed by atoms with van der Waals surface area (Å²) in [4.78, 5) is 0. The van der Waals surface area contributed by atoms with Crippen molar-refractivity contribution in [2.45, 2.75) is 17.5 Å². The van der Waals surface area contributed by atoms with Gasteiger partial charge in [0, 0.05) is 17.3 Å². The molecule has 0 saturated heterocycles. The van der Waals surface area contributed by atoms with Gasteiger partial charge < -0.3 is 9.30 Å². The van der Waals surface area contributed by atoms with Crippen LogP contribution in [0, 0.1) is 0 Å². The Hall–Kier alpha value is -1.50. The van der Waals surface area contributed by atoms with Gasteiger partial charge in [0.1, 0.15) is 12.4 Å². The second-order valence-corrected chi connectivity index (χ2v) is 7.26. The Morgan fingerprint density at radius 2 is 1.88 bits per heavy atom. The van der Waals surface area contributed by atoms with Crippen molar-refractivity contribution < 1.29 is 4.74 Å². The van der Waals surface area contributed by atoms with Gasteiger partial charge in [-0.05, 0) is 23.8 Å². The van der Waals surface area contributed by atoms with E-state index in [2.05, 4.69) is 32.2 Å². The number of ether oxygens (including phenoxy) is 1. The monoisotopic (exact) mass is 423 g/mol. The molecule has 2 aromatic carbocycles. The Balaban J connectivity index is 1.63. The predicted molar refractivity (Wildman–Crippen MR) is 100 cm³/mol. The van der Waals surface area contributed by atoms with E-state index in [9.17, 15) is 0 Å². The van der Waals surface area contributed by atoms with E-state index >= 15 is 0 Å². The van der Waals surface area contributed by atoms with Crippen LogP contribution in [0.4, 0.5) is 0 Å². The molecule has 0 aliphatic carbocycles. The van der Waals surface area contributed by atoms with E-state index in [-0.39, 0.29) is 0 Å². The molecule has 0 atom stereocenters. The zero-order chi connectivity index (χ0) is 16.9. The molecule has 124 valence electrons.